The molecule has 35 heavy (non-hydrogen) atoms. The van der Waals surface area contributed by atoms with E-state index in [4.69, 9.17) is 4.74 Å². The van der Waals surface area contributed by atoms with Crippen LogP contribution in [0, 0.1) is 5.92 Å². The monoisotopic (exact) mass is 489 g/mol. The Morgan fingerprint density at radius 2 is 2.11 bits per heavy atom. The van der Waals surface area contributed by atoms with Crippen LogP contribution in [0.1, 0.15) is 61.1 Å². The number of fused-ring (bicyclic) bond motifs is 1. The van der Waals surface area contributed by atoms with Gasteiger partial charge in [0.25, 0.3) is 12.3 Å². The van der Waals surface area contributed by atoms with Crippen molar-refractivity contribution in [2.24, 2.45) is 5.92 Å². The second-order valence-electron chi connectivity index (χ2n) is 9.26. The zero-order valence-corrected chi connectivity index (χ0v) is 19.5. The second-order valence-corrected chi connectivity index (χ2v) is 9.26. The maximum Gasteiger partial charge on any atom is 0.284 e. The van der Waals surface area contributed by atoms with Crippen LogP contribution in [-0.4, -0.2) is 67.8 Å². The number of aromatic nitrogens is 5. The van der Waals surface area contributed by atoms with E-state index in [-0.39, 0.29) is 35.9 Å². The van der Waals surface area contributed by atoms with Gasteiger partial charge in [0, 0.05) is 32.1 Å². The normalized spacial score (nSPS) is 23.2. The summed E-state index contributed by atoms with van der Waals surface area (Å²) in [5.41, 5.74) is 0.0406. The van der Waals surface area contributed by atoms with Crippen molar-refractivity contribution >= 4 is 23.1 Å². The summed E-state index contributed by atoms with van der Waals surface area (Å²) in [5, 5.41) is 20.2. The van der Waals surface area contributed by atoms with E-state index in [1.165, 1.54) is 21.6 Å². The molecule has 0 radical (unpaired) electrons. The Labute approximate surface area is 200 Å². The van der Waals surface area contributed by atoms with E-state index in [9.17, 15) is 18.7 Å². The zero-order valence-electron chi connectivity index (χ0n) is 19.5. The van der Waals surface area contributed by atoms with Crippen molar-refractivity contribution in [3.05, 3.63) is 35.9 Å². The van der Waals surface area contributed by atoms with Crippen molar-refractivity contribution in [1.82, 2.24) is 24.4 Å². The van der Waals surface area contributed by atoms with E-state index < -0.39 is 18.0 Å². The minimum atomic E-state index is -2.84. The van der Waals surface area contributed by atoms with Gasteiger partial charge in [-0.15, -0.1) is 0 Å². The van der Waals surface area contributed by atoms with Crippen LogP contribution in [0.15, 0.2) is 24.7 Å². The van der Waals surface area contributed by atoms with Crippen LogP contribution in [-0.2, 0) is 4.74 Å². The highest BCUT2D eigenvalue weighted by atomic mass is 19.3. The van der Waals surface area contributed by atoms with E-state index in [0.717, 1.165) is 25.7 Å². The van der Waals surface area contributed by atoms with Crippen molar-refractivity contribution in [3.8, 4) is 0 Å². The number of aliphatic hydroxyl groups is 1. The van der Waals surface area contributed by atoms with Gasteiger partial charge in [0.15, 0.2) is 11.3 Å². The van der Waals surface area contributed by atoms with E-state index >= 15 is 0 Å². The molecular weight excluding hydrogens is 460 g/mol. The first-order chi connectivity index (χ1) is 16.9. The highest BCUT2D eigenvalue weighted by molar-refractivity contribution is 6.08. The van der Waals surface area contributed by atoms with E-state index in [1.54, 1.807) is 6.20 Å². The number of anilines is 2. The minimum absolute atomic E-state index is 0.0215. The summed E-state index contributed by atoms with van der Waals surface area (Å²) in [6.45, 7) is 4.07. The molecule has 2 N–H and O–H groups in total. The molecule has 0 unspecified atom stereocenters. The zero-order chi connectivity index (χ0) is 24.5. The van der Waals surface area contributed by atoms with Gasteiger partial charge < -0.3 is 20.1 Å². The number of carbonyl (C=O) groups excluding carboxylic acids is 1. The van der Waals surface area contributed by atoms with Crippen LogP contribution >= 0.6 is 0 Å². The molecule has 1 amide bonds. The van der Waals surface area contributed by atoms with Gasteiger partial charge in [0.05, 0.1) is 30.6 Å². The number of hydrogen-bond donors (Lipinski definition) is 2. The number of ether oxygens (including phenoxy) is 1. The number of rotatable bonds is 6. The molecule has 0 aromatic carbocycles. The summed E-state index contributed by atoms with van der Waals surface area (Å²) in [5.74, 6) is 0.358. The molecule has 0 spiro atoms. The Kier molecular flexibility index (Phi) is 6.65. The molecular formula is C23H29F2N7O3. The number of amides is 1. The lowest BCUT2D eigenvalue weighted by atomic mass is 9.87. The topological polar surface area (TPSA) is 110 Å². The highest BCUT2D eigenvalue weighted by Gasteiger charge is 2.27. The molecule has 1 aliphatic carbocycles. The van der Waals surface area contributed by atoms with Gasteiger partial charge in [-0.2, -0.15) is 10.2 Å². The second kappa shape index (κ2) is 9.86. The number of nitrogens with one attached hydrogen (secondary N) is 1. The van der Waals surface area contributed by atoms with Gasteiger partial charge in [0.2, 0.25) is 0 Å². The number of hydrogen-bond acceptors (Lipinski definition) is 7. The quantitative estimate of drug-likeness (QED) is 0.548. The van der Waals surface area contributed by atoms with Crippen LogP contribution in [0.25, 0.3) is 5.65 Å². The van der Waals surface area contributed by atoms with Gasteiger partial charge in [-0.1, -0.05) is 0 Å². The van der Waals surface area contributed by atoms with Crippen LogP contribution in [0.2, 0.25) is 0 Å². The number of morpholine rings is 1. The van der Waals surface area contributed by atoms with Crippen LogP contribution in [0.4, 0.5) is 20.3 Å². The average molecular weight is 490 g/mol. The van der Waals surface area contributed by atoms with E-state index in [1.807, 2.05) is 13.0 Å². The van der Waals surface area contributed by atoms with E-state index in [0.29, 0.717) is 31.2 Å². The molecule has 2 aliphatic rings. The lowest BCUT2D eigenvalue weighted by Gasteiger charge is -2.31. The SMILES string of the molecule is C[C@H]1CN(c2ccn3ncc(C(=O)Nc4cn(C5CCC(CO)CC5)nc4C(F)F)c3n2)CCO1. The van der Waals surface area contributed by atoms with Gasteiger partial charge in [-0.05, 0) is 44.6 Å². The van der Waals surface area contributed by atoms with E-state index in [2.05, 4.69) is 25.4 Å². The molecule has 12 heteroatoms. The summed E-state index contributed by atoms with van der Waals surface area (Å²) < 4.78 is 36.1. The van der Waals surface area contributed by atoms with Crippen molar-refractivity contribution in [2.75, 3.05) is 36.5 Å². The predicted molar refractivity (Wildman–Crippen MR) is 124 cm³/mol. The number of alkyl halides is 2. The smallest absolute Gasteiger partial charge is 0.284 e. The van der Waals surface area contributed by atoms with Gasteiger partial charge in [-0.3, -0.25) is 9.48 Å². The summed E-state index contributed by atoms with van der Waals surface area (Å²) >= 11 is 0. The summed E-state index contributed by atoms with van der Waals surface area (Å²) in [7, 11) is 0. The van der Waals surface area contributed by atoms with Gasteiger partial charge >= 0.3 is 0 Å². The molecule has 1 aliphatic heterocycles. The lowest BCUT2D eigenvalue weighted by Crippen LogP contribution is -2.41. The number of carbonyl (C=O) groups is 1. The molecule has 5 rings (SSSR count). The highest BCUT2D eigenvalue weighted by Crippen LogP contribution is 2.34. The predicted octanol–water partition coefficient (Wildman–Crippen LogP) is 3.06. The summed E-state index contributed by atoms with van der Waals surface area (Å²) in [6, 6.07) is 1.78. The fraction of sp³-hybridized carbons (Fsp3) is 0.565. The Morgan fingerprint density at radius 1 is 1.31 bits per heavy atom. The Hall–Kier alpha value is -3.12. The molecule has 188 valence electrons. The molecule has 1 saturated heterocycles. The summed E-state index contributed by atoms with van der Waals surface area (Å²) in [6.07, 6.45) is 4.91. The minimum Gasteiger partial charge on any atom is -0.396 e. The third kappa shape index (κ3) is 4.85. The van der Waals surface area contributed by atoms with Gasteiger partial charge in [0.1, 0.15) is 11.4 Å². The Morgan fingerprint density at radius 3 is 2.83 bits per heavy atom. The molecule has 2 fully saturated rings. The number of aliphatic hydroxyl groups excluding tert-OH is 1. The van der Waals surface area contributed by atoms with Gasteiger partial charge in [-0.25, -0.2) is 18.3 Å². The maximum absolute atomic E-state index is 13.8. The fourth-order valence-electron chi connectivity index (χ4n) is 4.85. The molecule has 3 aromatic rings. The molecule has 10 nitrogen and oxygen atoms in total. The fourth-order valence-corrected chi connectivity index (χ4v) is 4.85. The van der Waals surface area contributed by atoms with Crippen molar-refractivity contribution in [2.45, 2.75) is 51.2 Å². The number of nitrogens with zero attached hydrogens (tertiary/aromatic N) is 6. The van der Waals surface area contributed by atoms with Crippen LogP contribution in [0.5, 0.6) is 0 Å². The molecule has 1 atom stereocenters. The van der Waals surface area contributed by atoms with Crippen molar-refractivity contribution in [1.29, 1.82) is 0 Å². The molecule has 4 heterocycles. The first kappa shape index (κ1) is 23.6. The summed E-state index contributed by atoms with van der Waals surface area (Å²) in [4.78, 5) is 19.8. The van der Waals surface area contributed by atoms with Crippen LogP contribution in [0.3, 0.4) is 0 Å². The third-order valence-electron chi connectivity index (χ3n) is 6.83. The lowest BCUT2D eigenvalue weighted by molar-refractivity contribution is 0.0529. The Bertz CT molecular complexity index is 1190. The molecule has 0 bridgehead atoms. The average Bonchev–Trinajstić information content (AvgIpc) is 3.48. The third-order valence-corrected chi connectivity index (χ3v) is 6.83. The molecule has 3 aromatic heterocycles. The first-order valence-corrected chi connectivity index (χ1v) is 11.9. The van der Waals surface area contributed by atoms with Crippen LogP contribution < -0.4 is 10.2 Å². The standard InChI is InChI=1S/C23H29F2N7O3/c1-14-11-30(8-9-35-14)19-6-7-31-22(28-19)17(10-26-31)23(34)27-18-12-32(29-20(18)21(24)25)16-4-2-15(13-33)3-5-16/h6-7,10,12,14-16,21,33H,2-5,8-9,11,13H2,1H3,(H,27,34)/t14-,15?,16?/m0/s1. The van der Waals surface area contributed by atoms with Crippen molar-refractivity contribution < 1.29 is 23.4 Å². The largest absolute Gasteiger partial charge is 0.396 e. The van der Waals surface area contributed by atoms with Crippen molar-refractivity contribution in [3.63, 3.8) is 0 Å². The Balaban J connectivity index is 1.38. The first-order valence-electron chi connectivity index (χ1n) is 11.9. The maximum atomic E-state index is 13.8. The number of halogens is 2. The molecule has 1 saturated carbocycles.